The topological polar surface area (TPSA) is 353 Å². The van der Waals surface area contributed by atoms with Crippen molar-refractivity contribution in [3.8, 4) is 17.2 Å². The fraction of sp³-hybridized carbons (Fsp3) is 0.596. The molecular weight excluding hydrogens is 1030 g/mol. The van der Waals surface area contributed by atoms with Crippen LogP contribution in [0.1, 0.15) is 117 Å². The monoisotopic (exact) mass is 1120 g/mol. The molecule has 0 aliphatic rings. The first-order valence-corrected chi connectivity index (χ1v) is 28.1. The number of guanidine groups is 2. The van der Waals surface area contributed by atoms with Gasteiger partial charge in [-0.05, 0) is 117 Å². The number of phenolic OH excluding ortho intramolecular Hbond substituents is 1. The summed E-state index contributed by atoms with van der Waals surface area (Å²) in [5, 5.41) is 37.5. The number of nitrogens with zero attached hydrogens (tertiary/aromatic N) is 4. The number of rotatable bonds is 39. The summed E-state index contributed by atoms with van der Waals surface area (Å²) >= 11 is 0. The molecular formula is C57H93N13O10. The zero-order valence-electron chi connectivity index (χ0n) is 48.7. The minimum absolute atomic E-state index is 0.00941. The summed E-state index contributed by atoms with van der Waals surface area (Å²) in [6.45, 7) is 22.4. The number of aliphatic imine (C=N–C) groups is 2. The van der Waals surface area contributed by atoms with Crippen LogP contribution in [0, 0.1) is 0 Å². The third-order valence-electron chi connectivity index (χ3n) is 13.4. The fourth-order valence-electron chi connectivity index (χ4n) is 8.84. The van der Waals surface area contributed by atoms with Gasteiger partial charge >= 0.3 is 0 Å². The van der Waals surface area contributed by atoms with E-state index >= 15 is 0 Å². The van der Waals surface area contributed by atoms with Gasteiger partial charge in [-0.25, -0.2) is 0 Å². The van der Waals surface area contributed by atoms with Crippen LogP contribution in [-0.2, 0) is 38.6 Å². The summed E-state index contributed by atoms with van der Waals surface area (Å²) in [5.41, 5.74) is 23.9. The molecule has 2 atom stereocenters. The third-order valence-corrected chi connectivity index (χ3v) is 13.4. The van der Waals surface area contributed by atoms with Gasteiger partial charge in [0.05, 0.1) is 12.0 Å². The van der Waals surface area contributed by atoms with Gasteiger partial charge in [0.15, 0.2) is 25.1 Å². The van der Waals surface area contributed by atoms with Gasteiger partial charge in [-0.15, -0.1) is 0 Å². The lowest BCUT2D eigenvalue weighted by molar-refractivity contribution is -0.130. The Morgan fingerprint density at radius 2 is 1.12 bits per heavy atom. The molecule has 80 heavy (non-hydrogen) atoms. The molecule has 1 aromatic heterocycles. The number of carbonyl (C=O) groups excluding carboxylic acids is 4. The Morgan fingerprint density at radius 1 is 0.637 bits per heavy atom. The highest BCUT2D eigenvalue weighted by molar-refractivity contribution is 5.98. The molecule has 0 aliphatic carbocycles. The normalized spacial score (nSPS) is 11.9. The number of hydrogen-bond acceptors (Lipinski definition) is 15. The maximum atomic E-state index is 14.8. The van der Waals surface area contributed by atoms with Crippen molar-refractivity contribution in [1.82, 2.24) is 36.4 Å². The second-order valence-electron chi connectivity index (χ2n) is 20.0. The van der Waals surface area contributed by atoms with Crippen LogP contribution in [0.25, 0.3) is 21.9 Å². The number of aliphatic hydroxyl groups excluding tert-OH is 1. The molecule has 23 heteroatoms. The summed E-state index contributed by atoms with van der Waals surface area (Å²) in [7, 11) is 0. The Hall–Kier alpha value is -6.95. The fourth-order valence-corrected chi connectivity index (χ4v) is 8.84. The number of unbranched alkanes of at least 4 members (excludes halogenated alkanes) is 2. The van der Waals surface area contributed by atoms with E-state index in [1.165, 1.54) is 12.1 Å². The van der Waals surface area contributed by atoms with Crippen LogP contribution in [0.3, 0.4) is 0 Å². The Balaban J connectivity index is 1.99. The number of aromatic hydroxyl groups is 1. The van der Waals surface area contributed by atoms with Gasteiger partial charge < -0.3 is 83.4 Å². The van der Waals surface area contributed by atoms with Gasteiger partial charge in [-0.3, -0.25) is 34.0 Å². The van der Waals surface area contributed by atoms with Crippen LogP contribution in [0.2, 0.25) is 0 Å². The van der Waals surface area contributed by atoms with Crippen molar-refractivity contribution in [2.24, 2.45) is 32.9 Å². The van der Waals surface area contributed by atoms with E-state index < -0.39 is 60.8 Å². The summed E-state index contributed by atoms with van der Waals surface area (Å²) in [5.74, 6) is -2.59. The predicted octanol–water partition coefficient (Wildman–Crippen LogP) is 2.67. The summed E-state index contributed by atoms with van der Waals surface area (Å²) in [4.78, 5) is 81.7. The van der Waals surface area contributed by atoms with E-state index in [4.69, 9.17) is 36.8 Å². The maximum Gasteiger partial charge on any atom is 0.258 e. The van der Waals surface area contributed by atoms with Gasteiger partial charge in [0.2, 0.25) is 17.2 Å². The molecule has 0 spiro atoms. The molecule has 0 bridgehead atoms. The second-order valence-corrected chi connectivity index (χ2v) is 20.0. The highest BCUT2D eigenvalue weighted by Gasteiger charge is 2.27. The molecule has 0 saturated heterocycles. The van der Waals surface area contributed by atoms with E-state index in [0.29, 0.717) is 38.0 Å². The Bertz CT molecular complexity index is 2650. The number of amides is 4. The first-order chi connectivity index (χ1) is 38.3. The standard InChI is InChI=1S/C57H93N13O10/c1-9-69(10-2)30-15-13-14-24-63-54(76)42(18-16-25-65-56(58)59)67-49(73)36-79-45-33-46-50(39(41(45)34-71)22-20-37(5)6)53(75)51-47(80-46)32-44(40(52(51)74)23-21-38(7)8)78-35-48(72)68-43(19-17-26-66-57(60)61)55(77)64-28-27-62-29-31-70(11-3)12-4/h20-21,32-33,42-43,62,71,74H,9-19,22-31,34-36H2,1-8H3,(H,63,76)(H,64,77)(H,67,73)(H,68,72)(H4,58,59,65)(H4,60,61,66). The van der Waals surface area contributed by atoms with Crippen molar-refractivity contribution in [1.29, 1.82) is 0 Å². The van der Waals surface area contributed by atoms with E-state index in [9.17, 15) is 34.2 Å². The van der Waals surface area contributed by atoms with E-state index in [1.807, 2.05) is 39.8 Å². The summed E-state index contributed by atoms with van der Waals surface area (Å²) in [6, 6.07) is 0.910. The van der Waals surface area contributed by atoms with Crippen LogP contribution in [-0.4, -0.2) is 159 Å². The molecule has 1 heterocycles. The SMILES string of the molecule is CCN(CC)CCCCCNC(=O)C(CCCN=C(N)N)NC(=O)COc1cc2oc3cc(OCC(=O)NC(CCCN=C(N)N)C(=O)NCCNCCN(CC)CC)c(CC=C(C)C)c(O)c3c(=O)c2c(CC=C(C)C)c1CO. The molecule has 3 aromatic rings. The molecule has 2 unspecified atom stereocenters. The smallest absolute Gasteiger partial charge is 0.258 e. The Labute approximate surface area is 471 Å². The van der Waals surface area contributed by atoms with Gasteiger partial charge in [-0.2, -0.15) is 0 Å². The minimum atomic E-state index is -0.960. The summed E-state index contributed by atoms with van der Waals surface area (Å²) < 4.78 is 18.6. The quantitative estimate of drug-likeness (QED) is 0.0129. The molecule has 2 aromatic carbocycles. The number of phenols is 1. The highest BCUT2D eigenvalue weighted by Crippen LogP contribution is 2.39. The molecule has 0 saturated carbocycles. The first-order valence-electron chi connectivity index (χ1n) is 28.1. The number of benzene rings is 2. The van der Waals surface area contributed by atoms with Crippen molar-refractivity contribution in [3.05, 3.63) is 62.3 Å². The number of hydrogen-bond donors (Lipinski definition) is 11. The largest absolute Gasteiger partial charge is 0.507 e. The Kier molecular flexibility index (Phi) is 30.6. The van der Waals surface area contributed by atoms with Gasteiger partial charge in [0.25, 0.3) is 11.8 Å². The average Bonchev–Trinajstić information content (AvgIpc) is 3.48. The maximum absolute atomic E-state index is 14.8. The number of fused-ring (bicyclic) bond motifs is 2. The molecule has 4 amide bonds. The lowest BCUT2D eigenvalue weighted by atomic mass is 9.95. The minimum Gasteiger partial charge on any atom is -0.507 e. The lowest BCUT2D eigenvalue weighted by Crippen LogP contribution is -2.49. The van der Waals surface area contributed by atoms with Crippen molar-refractivity contribution >= 4 is 57.5 Å². The molecule has 23 nitrogen and oxygen atoms in total. The van der Waals surface area contributed by atoms with Crippen molar-refractivity contribution in [2.45, 2.75) is 132 Å². The van der Waals surface area contributed by atoms with Crippen molar-refractivity contribution < 1.29 is 43.3 Å². The third kappa shape index (κ3) is 23.0. The number of ether oxygens (including phenoxy) is 2. The summed E-state index contributed by atoms with van der Waals surface area (Å²) in [6.07, 6.45) is 7.84. The van der Waals surface area contributed by atoms with E-state index in [2.05, 4.69) is 74.1 Å². The van der Waals surface area contributed by atoms with Crippen LogP contribution in [0.5, 0.6) is 17.2 Å². The average molecular weight is 1120 g/mol. The lowest BCUT2D eigenvalue weighted by Gasteiger charge is -2.20. The molecule has 0 fully saturated rings. The van der Waals surface area contributed by atoms with Crippen LogP contribution in [0.15, 0.2) is 54.6 Å². The van der Waals surface area contributed by atoms with E-state index in [1.54, 1.807) is 0 Å². The highest BCUT2D eigenvalue weighted by atomic mass is 16.5. The number of carbonyl (C=O) groups is 4. The molecule has 446 valence electrons. The number of likely N-dealkylation sites (N-methyl/N-ethyl adjacent to an activating group) is 1. The molecule has 15 N–H and O–H groups in total. The first kappa shape index (κ1) is 67.3. The zero-order chi connectivity index (χ0) is 59.1. The zero-order valence-corrected chi connectivity index (χ0v) is 48.7. The number of allylic oxidation sites excluding steroid dienone is 4. The number of aliphatic hydroxyl groups is 1. The van der Waals surface area contributed by atoms with Gasteiger partial charge in [0.1, 0.15) is 45.9 Å². The van der Waals surface area contributed by atoms with Crippen LogP contribution >= 0.6 is 0 Å². The van der Waals surface area contributed by atoms with Crippen LogP contribution in [0.4, 0.5) is 0 Å². The van der Waals surface area contributed by atoms with E-state index in [0.717, 1.165) is 76.2 Å². The van der Waals surface area contributed by atoms with Crippen LogP contribution < -0.4 is 64.4 Å². The molecule has 0 aliphatic heterocycles. The predicted molar refractivity (Wildman–Crippen MR) is 317 cm³/mol. The van der Waals surface area contributed by atoms with Gasteiger partial charge in [0, 0.05) is 69.1 Å². The van der Waals surface area contributed by atoms with Crippen molar-refractivity contribution in [2.75, 3.05) is 91.8 Å². The number of nitrogens with one attached hydrogen (secondary N) is 5. The molecule has 0 radical (unpaired) electrons. The van der Waals surface area contributed by atoms with Gasteiger partial charge in [-0.1, -0.05) is 57.4 Å². The molecule has 3 rings (SSSR count). The van der Waals surface area contributed by atoms with Crippen molar-refractivity contribution in [3.63, 3.8) is 0 Å². The van der Waals surface area contributed by atoms with E-state index in [-0.39, 0.29) is 101 Å². The Morgan fingerprint density at radius 3 is 1.62 bits per heavy atom. The second kappa shape index (κ2) is 36.3. The number of nitrogens with two attached hydrogens (primary N) is 4.